The van der Waals surface area contributed by atoms with Crippen molar-refractivity contribution in [3.8, 4) is 0 Å². The van der Waals surface area contributed by atoms with E-state index in [1.54, 1.807) is 12.2 Å². The zero-order chi connectivity index (χ0) is 36.5. The Labute approximate surface area is 300 Å². The Morgan fingerprint density at radius 2 is 1.51 bits per heavy atom. The number of rotatable bonds is 32. The topological polar surface area (TPSA) is 156 Å². The van der Waals surface area contributed by atoms with Gasteiger partial charge in [-0.3, -0.25) is 14.4 Å². The summed E-state index contributed by atoms with van der Waals surface area (Å²) < 4.78 is 10.5. The second kappa shape index (κ2) is 32.8. The van der Waals surface area contributed by atoms with Crippen molar-refractivity contribution in [2.24, 2.45) is 11.7 Å². The minimum atomic E-state index is -1.05. The van der Waals surface area contributed by atoms with Crippen molar-refractivity contribution in [3.05, 3.63) is 48.6 Å². The number of unbranched alkanes of at least 4 members (excludes halogenated alkanes) is 9. The van der Waals surface area contributed by atoms with Gasteiger partial charge < -0.3 is 30.5 Å². The Balaban J connectivity index is 4.67. The van der Waals surface area contributed by atoms with Crippen molar-refractivity contribution < 1.29 is 39.2 Å². The van der Waals surface area contributed by atoms with Crippen molar-refractivity contribution in [2.45, 2.75) is 153 Å². The van der Waals surface area contributed by atoms with Gasteiger partial charge in [-0.05, 0) is 44.4 Å². The molecule has 0 spiro atoms. The number of esters is 2. The molecule has 0 bridgehead atoms. The first-order valence-corrected chi connectivity index (χ1v) is 19.5. The molecule has 0 aromatic heterocycles. The largest absolute Gasteiger partial charge is 0.481 e. The van der Waals surface area contributed by atoms with Crippen molar-refractivity contribution in [1.29, 1.82) is 0 Å². The maximum Gasteiger partial charge on any atom is 0.324 e. The van der Waals surface area contributed by atoms with Crippen molar-refractivity contribution in [1.82, 2.24) is 0 Å². The Kier molecular flexibility index (Phi) is 31.2. The molecule has 0 rings (SSSR count). The maximum atomic E-state index is 12.6. The predicted molar refractivity (Wildman–Crippen MR) is 201 cm³/mol. The van der Waals surface area contributed by atoms with E-state index in [0.717, 1.165) is 38.0 Å². The van der Waals surface area contributed by atoms with Crippen LogP contribution in [0.15, 0.2) is 48.6 Å². The number of nitrogens with two attached hydrogens (primary N) is 1. The van der Waals surface area contributed by atoms with Crippen LogP contribution in [0.5, 0.6) is 0 Å². The summed E-state index contributed by atoms with van der Waals surface area (Å²) in [4.78, 5) is 35.7. The molecular weight excluding hydrogens is 642 g/mol. The number of hydrogen-bond donors (Lipinski definition) is 4. The van der Waals surface area contributed by atoms with Gasteiger partial charge in [-0.1, -0.05) is 127 Å². The van der Waals surface area contributed by atoms with Crippen LogP contribution >= 0.6 is 11.8 Å². The molecule has 0 amide bonds. The van der Waals surface area contributed by atoms with Gasteiger partial charge in [0.05, 0.1) is 12.7 Å². The molecule has 0 fully saturated rings. The molecule has 0 aromatic carbocycles. The molecule has 0 unspecified atom stereocenters. The molecule has 9 nitrogen and oxygen atoms in total. The number of aliphatic carboxylic acids is 1. The number of hydrogen-bond acceptors (Lipinski definition) is 9. The second-order valence-corrected chi connectivity index (χ2v) is 14.2. The quantitative estimate of drug-likeness (QED) is 0.0235. The summed E-state index contributed by atoms with van der Waals surface area (Å²) in [5.41, 5.74) is 6.08. The van der Waals surface area contributed by atoms with Crippen LogP contribution in [0.2, 0.25) is 0 Å². The van der Waals surface area contributed by atoms with Crippen LogP contribution in [0.1, 0.15) is 130 Å². The number of aliphatic hydroxyl groups is 2. The van der Waals surface area contributed by atoms with Gasteiger partial charge in [0.15, 0.2) is 6.10 Å². The second-order valence-electron chi connectivity index (χ2n) is 13.0. The number of aliphatic hydroxyl groups excluding tert-OH is 2. The third kappa shape index (κ3) is 30.2. The fourth-order valence-corrected chi connectivity index (χ4v) is 5.93. The van der Waals surface area contributed by atoms with Gasteiger partial charge in [-0.2, -0.15) is 0 Å². The molecular formula is C39H67NO8S. The van der Waals surface area contributed by atoms with Gasteiger partial charge in [0.1, 0.15) is 12.6 Å². The van der Waals surface area contributed by atoms with E-state index < -0.39 is 48.0 Å². The van der Waals surface area contributed by atoms with Crippen LogP contribution < -0.4 is 5.73 Å². The number of carboxylic acid groups (broad SMARTS) is 1. The standard InChI is InChI=1S/C39H67NO8S/c1-4-5-6-7-8-9-10-11-12-15-18-21-26-36(35(42)25-23-27-37(43)44)49-31-34(40)39(46)48-33(29-41)30-47-38(45)28-22-19-16-13-14-17-20-24-32(2)3/h8-9,11-12,15,18,21,26,32-36,41-42H,4-7,10,13-14,16-17,19-20,22-25,27-31,40H2,1-3H3,(H,43,44)/b9-8-,12-11-,18-15+,26-21+/t33-,34-,35-,36+/m0/s1. The summed E-state index contributed by atoms with van der Waals surface area (Å²) in [6.45, 7) is 5.92. The fraction of sp³-hybridized carbons (Fsp3) is 0.718. The number of carbonyl (C=O) groups is 3. The number of carboxylic acids is 1. The van der Waals surface area contributed by atoms with Crippen LogP contribution in [-0.2, 0) is 23.9 Å². The molecule has 0 radical (unpaired) electrons. The van der Waals surface area contributed by atoms with E-state index in [4.69, 9.17) is 20.3 Å². The average molecular weight is 710 g/mol. The van der Waals surface area contributed by atoms with Gasteiger partial charge >= 0.3 is 17.9 Å². The molecule has 0 saturated carbocycles. The van der Waals surface area contributed by atoms with Gasteiger partial charge in [0, 0.05) is 23.8 Å². The molecule has 5 N–H and O–H groups in total. The minimum Gasteiger partial charge on any atom is -0.481 e. The third-order valence-electron chi connectivity index (χ3n) is 7.80. The number of thioether (sulfide) groups is 1. The van der Waals surface area contributed by atoms with E-state index >= 15 is 0 Å². The molecule has 0 saturated heterocycles. The predicted octanol–water partition coefficient (Wildman–Crippen LogP) is 7.84. The first-order valence-electron chi connectivity index (χ1n) is 18.5. The van der Waals surface area contributed by atoms with Crippen molar-refractivity contribution in [2.75, 3.05) is 19.0 Å². The molecule has 282 valence electrons. The lowest BCUT2D eigenvalue weighted by Crippen LogP contribution is -2.40. The summed E-state index contributed by atoms with van der Waals surface area (Å²) in [7, 11) is 0. The lowest BCUT2D eigenvalue weighted by atomic mass is 10.0. The molecule has 10 heteroatoms. The highest BCUT2D eigenvalue weighted by Crippen LogP contribution is 2.22. The SMILES string of the molecule is CCCCC/C=C\C\C=C/C=C/C=C/[C@@H](SC[C@H](N)C(=O)O[C@@H](CO)COC(=O)CCCCCCCCCC(C)C)[C@@H](O)CCCC(=O)O. The van der Waals surface area contributed by atoms with Crippen LogP contribution in [0.25, 0.3) is 0 Å². The highest BCUT2D eigenvalue weighted by Gasteiger charge is 2.24. The highest BCUT2D eigenvalue weighted by molar-refractivity contribution is 8.00. The van der Waals surface area contributed by atoms with Gasteiger partial charge in [-0.25, -0.2) is 0 Å². The van der Waals surface area contributed by atoms with E-state index in [2.05, 4.69) is 39.0 Å². The van der Waals surface area contributed by atoms with Crippen LogP contribution in [-0.4, -0.2) is 75.7 Å². The van der Waals surface area contributed by atoms with E-state index in [-0.39, 0.29) is 31.6 Å². The molecule has 0 heterocycles. The highest BCUT2D eigenvalue weighted by atomic mass is 32.2. The molecule has 49 heavy (non-hydrogen) atoms. The van der Waals surface area contributed by atoms with Crippen LogP contribution in [0.4, 0.5) is 0 Å². The monoisotopic (exact) mass is 709 g/mol. The van der Waals surface area contributed by atoms with Gasteiger partial charge in [-0.15, -0.1) is 11.8 Å². The Bertz CT molecular complexity index is 965. The van der Waals surface area contributed by atoms with Crippen molar-refractivity contribution >= 4 is 29.7 Å². The molecule has 0 aliphatic carbocycles. The number of carbonyl (C=O) groups excluding carboxylic acids is 2. The zero-order valence-corrected chi connectivity index (χ0v) is 31.3. The Morgan fingerprint density at radius 1 is 0.816 bits per heavy atom. The smallest absolute Gasteiger partial charge is 0.324 e. The van der Waals surface area contributed by atoms with Crippen molar-refractivity contribution in [3.63, 3.8) is 0 Å². The fourth-order valence-electron chi connectivity index (χ4n) is 4.81. The molecule has 0 aromatic rings. The van der Waals surface area contributed by atoms with E-state index in [1.165, 1.54) is 63.1 Å². The van der Waals surface area contributed by atoms with E-state index in [1.807, 2.05) is 18.2 Å². The van der Waals surface area contributed by atoms with Gasteiger partial charge in [0.2, 0.25) is 0 Å². The molecule has 0 aliphatic heterocycles. The first kappa shape index (κ1) is 46.6. The zero-order valence-electron chi connectivity index (χ0n) is 30.5. The maximum absolute atomic E-state index is 12.6. The Hall–Kier alpha value is -2.40. The normalized spacial score (nSPS) is 14.7. The van der Waals surface area contributed by atoms with E-state index in [9.17, 15) is 24.6 Å². The molecule has 4 atom stereocenters. The van der Waals surface area contributed by atoms with Crippen LogP contribution in [0.3, 0.4) is 0 Å². The summed E-state index contributed by atoms with van der Waals surface area (Å²) in [6.07, 6.45) is 29.3. The summed E-state index contributed by atoms with van der Waals surface area (Å²) in [5, 5.41) is 29.0. The minimum absolute atomic E-state index is 0.0481. The summed E-state index contributed by atoms with van der Waals surface area (Å²) in [5.74, 6) is -1.19. The number of allylic oxidation sites excluding steroid dienone is 7. The van der Waals surface area contributed by atoms with Crippen LogP contribution in [0, 0.1) is 5.92 Å². The first-order chi connectivity index (χ1) is 23.6. The lowest BCUT2D eigenvalue weighted by molar-refractivity contribution is -0.162. The number of ether oxygens (including phenoxy) is 2. The average Bonchev–Trinajstić information content (AvgIpc) is 3.06. The van der Waals surface area contributed by atoms with Gasteiger partial charge in [0.25, 0.3) is 0 Å². The third-order valence-corrected chi connectivity index (χ3v) is 9.21. The summed E-state index contributed by atoms with van der Waals surface area (Å²) in [6, 6.07) is -1.05. The summed E-state index contributed by atoms with van der Waals surface area (Å²) >= 11 is 1.26. The van der Waals surface area contributed by atoms with E-state index in [0.29, 0.717) is 6.42 Å². The lowest BCUT2D eigenvalue weighted by Gasteiger charge is -2.22. The molecule has 0 aliphatic rings. The Morgan fingerprint density at radius 3 is 2.18 bits per heavy atom.